The van der Waals surface area contributed by atoms with Crippen molar-refractivity contribution in [3.8, 4) is 0 Å². The third-order valence-electron chi connectivity index (χ3n) is 3.72. The Bertz CT molecular complexity index is 524. The van der Waals surface area contributed by atoms with Crippen LogP contribution in [0.3, 0.4) is 0 Å². The lowest BCUT2D eigenvalue weighted by Crippen LogP contribution is -2.32. The summed E-state index contributed by atoms with van der Waals surface area (Å²) in [7, 11) is 0. The molecule has 110 valence electrons. The van der Waals surface area contributed by atoms with Crippen molar-refractivity contribution in [1.82, 2.24) is 5.32 Å². The zero-order valence-corrected chi connectivity index (χ0v) is 12.6. The Labute approximate surface area is 127 Å². The first-order valence-corrected chi connectivity index (χ1v) is 7.35. The number of hydrogen-bond acceptors (Lipinski definition) is 2. The van der Waals surface area contributed by atoms with Gasteiger partial charge < -0.3 is 11.1 Å². The predicted molar refractivity (Wildman–Crippen MR) is 78.3 cm³/mol. The Kier molecular flexibility index (Phi) is 4.89. The van der Waals surface area contributed by atoms with Gasteiger partial charge in [0.2, 0.25) is 5.91 Å². The molecule has 1 aromatic carbocycles. The van der Waals surface area contributed by atoms with Gasteiger partial charge in [0.25, 0.3) is 0 Å². The number of nitrogens with two attached hydrogens (primary N) is 1. The van der Waals surface area contributed by atoms with E-state index in [1.165, 1.54) is 12.1 Å². The molecule has 0 bridgehead atoms. The second kappa shape index (κ2) is 6.29. The highest BCUT2D eigenvalue weighted by Crippen LogP contribution is 2.33. The van der Waals surface area contributed by atoms with Crippen LogP contribution in [0.1, 0.15) is 37.8 Å². The van der Waals surface area contributed by atoms with Gasteiger partial charge in [-0.1, -0.05) is 23.2 Å². The van der Waals surface area contributed by atoms with Gasteiger partial charge in [-0.2, -0.15) is 0 Å². The molecule has 1 amide bonds. The molecule has 0 aliphatic heterocycles. The van der Waals surface area contributed by atoms with Crippen molar-refractivity contribution in [2.45, 2.75) is 38.3 Å². The average Bonchev–Trinajstić information content (AvgIpc) is 2.81. The summed E-state index contributed by atoms with van der Waals surface area (Å²) in [6, 6.07) is 2.28. The van der Waals surface area contributed by atoms with Gasteiger partial charge in [-0.3, -0.25) is 4.79 Å². The smallest absolute Gasteiger partial charge is 0.223 e. The molecule has 0 saturated heterocycles. The molecule has 0 radical (unpaired) electrons. The van der Waals surface area contributed by atoms with Gasteiger partial charge in [0.15, 0.2) is 0 Å². The van der Waals surface area contributed by atoms with E-state index in [2.05, 4.69) is 5.32 Å². The average molecular weight is 319 g/mol. The van der Waals surface area contributed by atoms with Crippen LogP contribution in [0.15, 0.2) is 12.1 Å². The lowest BCUT2D eigenvalue weighted by molar-refractivity contribution is -0.125. The number of nitrogens with one attached hydrogen (secondary N) is 1. The zero-order chi connectivity index (χ0) is 14.9. The molecule has 3 nitrogen and oxygen atoms in total. The summed E-state index contributed by atoms with van der Waals surface area (Å²) >= 11 is 12.0. The van der Waals surface area contributed by atoms with Crippen LogP contribution in [0.2, 0.25) is 10.0 Å². The van der Waals surface area contributed by atoms with E-state index in [1.807, 2.05) is 0 Å². The van der Waals surface area contributed by atoms with E-state index < -0.39 is 11.9 Å². The highest BCUT2D eigenvalue weighted by Gasteiger charge is 2.29. The molecule has 6 heteroatoms. The third kappa shape index (κ3) is 3.25. The van der Waals surface area contributed by atoms with Crippen LogP contribution in [0.25, 0.3) is 0 Å². The number of hydrogen-bond donors (Lipinski definition) is 2. The molecule has 1 aromatic rings. The normalized spacial score (nSPS) is 23.6. The third-order valence-corrected chi connectivity index (χ3v) is 4.43. The summed E-state index contributed by atoms with van der Waals surface area (Å²) in [4.78, 5) is 12.1. The highest BCUT2D eigenvalue weighted by atomic mass is 35.5. The summed E-state index contributed by atoms with van der Waals surface area (Å²) < 4.78 is 13.5. The minimum absolute atomic E-state index is 0.0478. The number of carbonyl (C=O) groups excluding carboxylic acids is 1. The van der Waals surface area contributed by atoms with Gasteiger partial charge in [-0.05, 0) is 38.3 Å². The van der Waals surface area contributed by atoms with Crippen molar-refractivity contribution in [2.75, 3.05) is 0 Å². The van der Waals surface area contributed by atoms with Crippen molar-refractivity contribution in [2.24, 2.45) is 11.7 Å². The maximum Gasteiger partial charge on any atom is 0.223 e. The zero-order valence-electron chi connectivity index (χ0n) is 11.1. The summed E-state index contributed by atoms with van der Waals surface area (Å²) in [5.41, 5.74) is 6.21. The monoisotopic (exact) mass is 318 g/mol. The largest absolute Gasteiger partial charge is 0.349 e. The van der Waals surface area contributed by atoms with Crippen LogP contribution in [-0.4, -0.2) is 11.9 Å². The van der Waals surface area contributed by atoms with E-state index in [9.17, 15) is 9.18 Å². The molecule has 1 saturated carbocycles. The van der Waals surface area contributed by atoms with E-state index in [0.29, 0.717) is 17.0 Å². The molecule has 2 rings (SSSR count). The summed E-state index contributed by atoms with van der Waals surface area (Å²) in [6.45, 7) is 1.74. The van der Waals surface area contributed by atoms with Crippen molar-refractivity contribution >= 4 is 29.1 Å². The van der Waals surface area contributed by atoms with E-state index in [1.54, 1.807) is 6.92 Å². The first-order chi connectivity index (χ1) is 9.40. The van der Waals surface area contributed by atoms with Gasteiger partial charge in [-0.25, -0.2) is 4.39 Å². The van der Waals surface area contributed by atoms with Crippen molar-refractivity contribution in [3.63, 3.8) is 0 Å². The van der Waals surface area contributed by atoms with Crippen LogP contribution < -0.4 is 11.1 Å². The second-order valence-corrected chi connectivity index (χ2v) is 6.04. The lowest BCUT2D eigenvalue weighted by atomic mass is 10.0. The minimum Gasteiger partial charge on any atom is -0.349 e. The van der Waals surface area contributed by atoms with Gasteiger partial charge >= 0.3 is 0 Å². The summed E-state index contributed by atoms with van der Waals surface area (Å²) in [5, 5.41) is 3.13. The quantitative estimate of drug-likeness (QED) is 0.839. The fourth-order valence-corrected chi connectivity index (χ4v) is 3.30. The van der Waals surface area contributed by atoms with Gasteiger partial charge in [0.1, 0.15) is 5.82 Å². The molecule has 3 atom stereocenters. The Hall–Kier alpha value is -0.840. The number of carbonyl (C=O) groups is 1. The van der Waals surface area contributed by atoms with Crippen LogP contribution in [0.5, 0.6) is 0 Å². The van der Waals surface area contributed by atoms with Gasteiger partial charge in [0, 0.05) is 22.5 Å². The maximum atomic E-state index is 13.5. The number of halogens is 3. The molecular weight excluding hydrogens is 302 g/mol. The molecule has 20 heavy (non-hydrogen) atoms. The second-order valence-electron chi connectivity index (χ2n) is 5.26. The number of amides is 1. The fourth-order valence-electron chi connectivity index (χ4n) is 2.60. The maximum absolute atomic E-state index is 13.5. The van der Waals surface area contributed by atoms with E-state index in [4.69, 9.17) is 28.9 Å². The first-order valence-electron chi connectivity index (χ1n) is 6.59. The van der Waals surface area contributed by atoms with E-state index in [0.717, 1.165) is 12.8 Å². The summed E-state index contributed by atoms with van der Waals surface area (Å²) in [6.07, 6.45) is 2.32. The van der Waals surface area contributed by atoms with E-state index in [-0.39, 0.29) is 22.9 Å². The number of rotatable bonds is 3. The Morgan fingerprint density at radius 1 is 1.45 bits per heavy atom. The molecule has 0 aromatic heterocycles. The SMILES string of the molecule is CC(NC(=O)C1CCC(N)C1)c1c(Cl)ccc(F)c1Cl. The van der Waals surface area contributed by atoms with Crippen molar-refractivity contribution < 1.29 is 9.18 Å². The number of benzene rings is 1. The Morgan fingerprint density at radius 2 is 2.15 bits per heavy atom. The van der Waals surface area contributed by atoms with Crippen LogP contribution in [0, 0.1) is 11.7 Å². The van der Waals surface area contributed by atoms with Gasteiger partial charge in [0.05, 0.1) is 11.1 Å². The van der Waals surface area contributed by atoms with Crippen LogP contribution >= 0.6 is 23.2 Å². The molecule has 1 aliphatic carbocycles. The highest BCUT2D eigenvalue weighted by molar-refractivity contribution is 6.36. The van der Waals surface area contributed by atoms with Crippen LogP contribution in [-0.2, 0) is 4.79 Å². The molecule has 3 N–H and O–H groups in total. The lowest BCUT2D eigenvalue weighted by Gasteiger charge is -2.19. The van der Waals surface area contributed by atoms with Crippen molar-refractivity contribution in [1.29, 1.82) is 0 Å². The van der Waals surface area contributed by atoms with Crippen molar-refractivity contribution in [3.05, 3.63) is 33.6 Å². The van der Waals surface area contributed by atoms with E-state index >= 15 is 0 Å². The summed E-state index contributed by atoms with van der Waals surface area (Å²) in [5.74, 6) is -0.713. The Morgan fingerprint density at radius 3 is 2.75 bits per heavy atom. The molecular formula is C14H17Cl2FN2O. The fraction of sp³-hybridized carbons (Fsp3) is 0.500. The minimum atomic E-state index is -0.546. The molecule has 1 aliphatic rings. The predicted octanol–water partition coefficient (Wildman–Crippen LogP) is 3.44. The van der Waals surface area contributed by atoms with Gasteiger partial charge in [-0.15, -0.1) is 0 Å². The standard InChI is InChI=1S/C14H17Cl2FN2O/c1-7(12-10(15)4-5-11(17)13(12)16)19-14(20)8-2-3-9(18)6-8/h4-5,7-9H,2-3,6,18H2,1H3,(H,19,20). The van der Waals surface area contributed by atoms with Crippen LogP contribution in [0.4, 0.5) is 4.39 Å². The topological polar surface area (TPSA) is 55.1 Å². The molecule has 1 fully saturated rings. The molecule has 0 heterocycles. The first kappa shape index (κ1) is 15.5. The molecule has 0 spiro atoms. The molecule has 3 unspecified atom stereocenters. The Balaban J connectivity index is 2.10.